The predicted molar refractivity (Wildman–Crippen MR) is 362 cm³/mol. The molecule has 83 heavy (non-hydrogen) atoms. The minimum absolute atomic E-state index is 0.0733. The number of carbonyl (C=O) groups is 3. The van der Waals surface area contributed by atoms with Crippen LogP contribution in [0.5, 0.6) is 0 Å². The van der Waals surface area contributed by atoms with Crippen LogP contribution in [0.1, 0.15) is 367 Å². The van der Waals surface area contributed by atoms with Crippen molar-refractivity contribution in [3.8, 4) is 0 Å². The van der Waals surface area contributed by atoms with Crippen LogP contribution in [0.3, 0.4) is 0 Å². The smallest absolute Gasteiger partial charge is 0.306 e. The largest absolute Gasteiger partial charge is 0.462 e. The van der Waals surface area contributed by atoms with Crippen LogP contribution in [-0.4, -0.2) is 37.2 Å². The molecule has 0 aromatic rings. The van der Waals surface area contributed by atoms with Crippen molar-refractivity contribution in [3.63, 3.8) is 0 Å². The van der Waals surface area contributed by atoms with Crippen molar-refractivity contribution in [2.24, 2.45) is 0 Å². The third kappa shape index (κ3) is 69.3. The van der Waals surface area contributed by atoms with E-state index in [0.717, 1.165) is 103 Å². The van der Waals surface area contributed by atoms with Crippen LogP contribution in [0, 0.1) is 0 Å². The molecule has 0 aliphatic heterocycles. The van der Waals surface area contributed by atoms with Gasteiger partial charge in [-0.05, 0) is 96.3 Å². The van der Waals surface area contributed by atoms with Crippen molar-refractivity contribution in [1.82, 2.24) is 0 Å². The number of unbranched alkanes of at least 4 members (excludes halogenated alkanes) is 41. The molecule has 0 fully saturated rings. The van der Waals surface area contributed by atoms with E-state index >= 15 is 0 Å². The van der Waals surface area contributed by atoms with Crippen LogP contribution in [-0.2, 0) is 28.6 Å². The molecular formula is C77H136O6. The standard InChI is InChI=1S/C77H136O6/c1-4-7-10-13-15-17-19-21-23-25-27-29-31-33-34-35-36-37-38-39-40-41-42-44-45-47-49-51-53-55-57-59-61-64-67-70-76(79)82-73-74(72-81-75(78)69-66-63-12-9-6-3)83-77(80)71-68-65-62-60-58-56-54-52-50-48-46-43-32-30-28-26-24-22-20-18-16-14-11-8-5-2/h7,10,15,17,20-23,26-29,32,43,74H,4-6,8-9,11-14,16,18-19,24-25,30-31,33-42,44-73H2,1-3H3/b10-7-,17-15-,22-20-,23-21-,28-26-,29-27-,43-32-. The lowest BCUT2D eigenvalue weighted by molar-refractivity contribution is -0.167. The molecule has 6 heteroatoms. The minimum Gasteiger partial charge on any atom is -0.462 e. The van der Waals surface area contributed by atoms with Crippen LogP contribution >= 0.6 is 0 Å². The molecule has 0 N–H and O–H groups in total. The monoisotopic (exact) mass is 1160 g/mol. The third-order valence-electron chi connectivity index (χ3n) is 15.9. The lowest BCUT2D eigenvalue weighted by atomic mass is 10.0. The second-order valence-electron chi connectivity index (χ2n) is 24.1. The maximum Gasteiger partial charge on any atom is 0.306 e. The maximum atomic E-state index is 12.9. The highest BCUT2D eigenvalue weighted by atomic mass is 16.6. The number of hydrogen-bond donors (Lipinski definition) is 0. The van der Waals surface area contributed by atoms with E-state index in [-0.39, 0.29) is 31.1 Å². The first-order valence-electron chi connectivity index (χ1n) is 36.1. The van der Waals surface area contributed by atoms with Gasteiger partial charge in [-0.25, -0.2) is 0 Å². The molecule has 0 aromatic heterocycles. The summed E-state index contributed by atoms with van der Waals surface area (Å²) in [7, 11) is 0. The van der Waals surface area contributed by atoms with Gasteiger partial charge in [-0.3, -0.25) is 14.4 Å². The molecular weight excluding hydrogens is 1020 g/mol. The molecule has 0 aromatic carbocycles. The number of ether oxygens (including phenoxy) is 3. The zero-order chi connectivity index (χ0) is 59.9. The van der Waals surface area contributed by atoms with Gasteiger partial charge in [0.1, 0.15) is 13.2 Å². The fourth-order valence-corrected chi connectivity index (χ4v) is 10.5. The Balaban J connectivity index is 3.92. The maximum absolute atomic E-state index is 12.9. The van der Waals surface area contributed by atoms with E-state index in [1.807, 2.05) is 0 Å². The Kier molecular flexibility index (Phi) is 68.2. The summed E-state index contributed by atoms with van der Waals surface area (Å²) in [4.78, 5) is 38.0. The van der Waals surface area contributed by atoms with Gasteiger partial charge < -0.3 is 14.2 Å². The molecule has 0 rings (SSSR count). The normalized spacial score (nSPS) is 12.6. The van der Waals surface area contributed by atoms with Gasteiger partial charge in [0.2, 0.25) is 0 Å². The molecule has 0 saturated carbocycles. The molecule has 0 spiro atoms. The zero-order valence-corrected chi connectivity index (χ0v) is 55.2. The van der Waals surface area contributed by atoms with Gasteiger partial charge in [0.15, 0.2) is 6.10 Å². The lowest BCUT2D eigenvalue weighted by Crippen LogP contribution is -2.30. The quantitative estimate of drug-likeness (QED) is 0.0261. The Morgan fingerprint density at radius 1 is 0.253 bits per heavy atom. The summed E-state index contributed by atoms with van der Waals surface area (Å²) in [5.74, 6) is -0.873. The Morgan fingerprint density at radius 2 is 0.470 bits per heavy atom. The summed E-state index contributed by atoms with van der Waals surface area (Å²) in [6.07, 6.45) is 95.4. The first-order chi connectivity index (χ1) is 41.0. The van der Waals surface area contributed by atoms with Crippen LogP contribution in [0.25, 0.3) is 0 Å². The number of rotatable bonds is 66. The summed E-state index contributed by atoms with van der Waals surface area (Å²) >= 11 is 0. The van der Waals surface area contributed by atoms with Gasteiger partial charge in [0, 0.05) is 19.3 Å². The Hall–Kier alpha value is -3.41. The van der Waals surface area contributed by atoms with Crippen molar-refractivity contribution in [2.75, 3.05) is 13.2 Å². The van der Waals surface area contributed by atoms with Crippen LogP contribution < -0.4 is 0 Å². The SMILES string of the molecule is CC/C=C\C/C=C\C/C=C\C/C=C\CCCCCCCCCCCCCCCCCCCCCCCCC(=O)OCC(COC(=O)CCCCCCC)OC(=O)CCCCCCCCCCCC/C=C\C/C=C\C/C=C\CCCCCCC. The highest BCUT2D eigenvalue weighted by molar-refractivity contribution is 5.71. The van der Waals surface area contributed by atoms with E-state index in [2.05, 4.69) is 106 Å². The van der Waals surface area contributed by atoms with Gasteiger partial charge in [-0.1, -0.05) is 337 Å². The van der Waals surface area contributed by atoms with E-state index in [0.29, 0.717) is 19.3 Å². The fourth-order valence-electron chi connectivity index (χ4n) is 10.5. The molecule has 480 valence electrons. The Labute approximate surface area is 515 Å². The number of carbonyl (C=O) groups excluding carboxylic acids is 3. The molecule has 1 atom stereocenters. The highest BCUT2D eigenvalue weighted by Gasteiger charge is 2.19. The van der Waals surface area contributed by atoms with Crippen LogP contribution in [0.15, 0.2) is 85.1 Å². The predicted octanol–water partition coefficient (Wildman–Crippen LogP) is 25.0. The van der Waals surface area contributed by atoms with Crippen molar-refractivity contribution < 1.29 is 28.6 Å². The molecule has 0 saturated heterocycles. The number of allylic oxidation sites excluding steroid dienone is 14. The molecule has 1 unspecified atom stereocenters. The highest BCUT2D eigenvalue weighted by Crippen LogP contribution is 2.18. The molecule has 0 aliphatic carbocycles. The molecule has 6 nitrogen and oxygen atoms in total. The summed E-state index contributed by atoms with van der Waals surface area (Å²) in [6.45, 7) is 6.47. The van der Waals surface area contributed by atoms with Gasteiger partial charge in [-0.2, -0.15) is 0 Å². The first kappa shape index (κ1) is 79.6. The summed E-state index contributed by atoms with van der Waals surface area (Å²) in [5.41, 5.74) is 0. The van der Waals surface area contributed by atoms with Crippen molar-refractivity contribution in [2.45, 2.75) is 374 Å². The van der Waals surface area contributed by atoms with Crippen molar-refractivity contribution in [3.05, 3.63) is 85.1 Å². The van der Waals surface area contributed by atoms with E-state index < -0.39 is 6.10 Å². The van der Waals surface area contributed by atoms with Crippen molar-refractivity contribution >= 4 is 17.9 Å². The molecule has 0 bridgehead atoms. The Bertz CT molecular complexity index is 1570. The average molecular weight is 1160 g/mol. The molecule has 0 amide bonds. The minimum atomic E-state index is -0.773. The summed E-state index contributed by atoms with van der Waals surface area (Å²) in [6, 6.07) is 0. The van der Waals surface area contributed by atoms with Gasteiger partial charge in [0.25, 0.3) is 0 Å². The van der Waals surface area contributed by atoms with Gasteiger partial charge in [-0.15, -0.1) is 0 Å². The lowest BCUT2D eigenvalue weighted by Gasteiger charge is -2.18. The van der Waals surface area contributed by atoms with Gasteiger partial charge >= 0.3 is 17.9 Å². The number of hydrogen-bond acceptors (Lipinski definition) is 6. The molecule has 0 heterocycles. The summed E-state index contributed by atoms with van der Waals surface area (Å²) < 4.78 is 16.8. The van der Waals surface area contributed by atoms with Crippen LogP contribution in [0.2, 0.25) is 0 Å². The Morgan fingerprint density at radius 3 is 0.735 bits per heavy atom. The summed E-state index contributed by atoms with van der Waals surface area (Å²) in [5, 5.41) is 0. The average Bonchev–Trinajstić information content (AvgIpc) is 3.49. The first-order valence-corrected chi connectivity index (χ1v) is 36.1. The van der Waals surface area contributed by atoms with Crippen molar-refractivity contribution in [1.29, 1.82) is 0 Å². The fraction of sp³-hybridized carbons (Fsp3) is 0.779. The third-order valence-corrected chi connectivity index (χ3v) is 15.9. The van der Waals surface area contributed by atoms with Crippen LogP contribution in [0.4, 0.5) is 0 Å². The molecule has 0 radical (unpaired) electrons. The van der Waals surface area contributed by atoms with Gasteiger partial charge in [0.05, 0.1) is 0 Å². The zero-order valence-electron chi connectivity index (χ0n) is 55.2. The second kappa shape index (κ2) is 71.1. The molecule has 0 aliphatic rings. The second-order valence-corrected chi connectivity index (χ2v) is 24.1. The van der Waals surface area contributed by atoms with E-state index in [9.17, 15) is 14.4 Å². The van der Waals surface area contributed by atoms with E-state index in [1.165, 1.54) is 225 Å². The topological polar surface area (TPSA) is 78.9 Å². The number of esters is 3. The van der Waals surface area contributed by atoms with E-state index in [1.54, 1.807) is 0 Å². The van der Waals surface area contributed by atoms with E-state index in [4.69, 9.17) is 14.2 Å².